The van der Waals surface area contributed by atoms with Crippen molar-refractivity contribution in [3.8, 4) is 11.3 Å². The number of carboxylic acids is 1. The summed E-state index contributed by atoms with van der Waals surface area (Å²) in [5.74, 6) is -0.909. The second kappa shape index (κ2) is 7.60. The van der Waals surface area contributed by atoms with Gasteiger partial charge in [-0.15, -0.1) is 0 Å². The van der Waals surface area contributed by atoms with Gasteiger partial charge in [-0.1, -0.05) is 24.6 Å². The van der Waals surface area contributed by atoms with Crippen LogP contribution in [0, 0.1) is 11.7 Å². The zero-order valence-corrected chi connectivity index (χ0v) is 14.9. The van der Waals surface area contributed by atoms with Crippen molar-refractivity contribution in [2.75, 3.05) is 18.5 Å². The fraction of sp³-hybridized carbons (Fsp3) is 0.450. The van der Waals surface area contributed by atoms with Crippen molar-refractivity contribution < 1.29 is 19.0 Å². The highest BCUT2D eigenvalue weighted by Crippen LogP contribution is 2.30. The van der Waals surface area contributed by atoms with E-state index in [2.05, 4.69) is 15.3 Å². The van der Waals surface area contributed by atoms with Crippen molar-refractivity contribution in [1.29, 1.82) is 0 Å². The molecule has 4 rings (SSSR count). The molecule has 2 aromatic rings. The Labute approximate surface area is 156 Å². The van der Waals surface area contributed by atoms with Gasteiger partial charge in [0, 0.05) is 17.5 Å². The van der Waals surface area contributed by atoms with Crippen LogP contribution in [0.2, 0.25) is 0 Å². The lowest BCUT2D eigenvalue weighted by molar-refractivity contribution is -0.142. The molecule has 1 aliphatic carbocycles. The van der Waals surface area contributed by atoms with Crippen molar-refractivity contribution in [1.82, 2.24) is 9.97 Å². The van der Waals surface area contributed by atoms with Gasteiger partial charge in [0.25, 0.3) is 0 Å². The number of nitrogens with zero attached hydrogens (tertiary/aromatic N) is 2. The summed E-state index contributed by atoms with van der Waals surface area (Å²) in [7, 11) is 0. The quantitative estimate of drug-likeness (QED) is 0.837. The highest BCUT2D eigenvalue weighted by Gasteiger charge is 2.27. The largest absolute Gasteiger partial charge is 0.481 e. The molecule has 2 N–H and O–H groups in total. The van der Waals surface area contributed by atoms with E-state index in [1.807, 2.05) is 24.3 Å². The molecule has 27 heavy (non-hydrogen) atoms. The maximum atomic E-state index is 14.4. The number of halogens is 1. The van der Waals surface area contributed by atoms with Crippen LogP contribution in [0.3, 0.4) is 0 Å². The molecule has 1 aromatic heterocycles. The number of hydrogen-bond acceptors (Lipinski definition) is 5. The van der Waals surface area contributed by atoms with Crippen LogP contribution in [0.4, 0.5) is 10.3 Å². The molecule has 0 amide bonds. The summed E-state index contributed by atoms with van der Waals surface area (Å²) in [6.45, 7) is 1.38. The Morgan fingerprint density at radius 3 is 2.89 bits per heavy atom. The van der Waals surface area contributed by atoms with Crippen molar-refractivity contribution in [2.24, 2.45) is 5.92 Å². The zero-order chi connectivity index (χ0) is 18.8. The lowest BCUT2D eigenvalue weighted by Gasteiger charge is -2.27. The molecule has 2 heterocycles. The molecule has 0 spiro atoms. The number of carboxylic acid groups (broad SMARTS) is 1. The fourth-order valence-corrected chi connectivity index (χ4v) is 3.73. The minimum Gasteiger partial charge on any atom is -0.481 e. The zero-order valence-electron chi connectivity index (χ0n) is 14.9. The van der Waals surface area contributed by atoms with Gasteiger partial charge in [-0.05, 0) is 30.9 Å². The summed E-state index contributed by atoms with van der Waals surface area (Å²) in [5.41, 5.74) is 2.07. The molecule has 1 aromatic carbocycles. The summed E-state index contributed by atoms with van der Waals surface area (Å²) in [6.07, 6.45) is 4.09. The second-order valence-electron chi connectivity index (χ2n) is 7.29. The first kappa shape index (κ1) is 17.9. The van der Waals surface area contributed by atoms with Crippen molar-refractivity contribution in [3.05, 3.63) is 41.8 Å². The minimum atomic E-state index is -0.765. The first-order chi connectivity index (χ1) is 13.1. The van der Waals surface area contributed by atoms with E-state index in [-0.39, 0.29) is 17.7 Å². The van der Waals surface area contributed by atoms with Crippen LogP contribution in [0.5, 0.6) is 0 Å². The topological polar surface area (TPSA) is 84.3 Å². The first-order valence-corrected chi connectivity index (χ1v) is 9.30. The average molecular weight is 371 g/mol. The Balaban J connectivity index is 1.54. The lowest BCUT2D eigenvalue weighted by Crippen LogP contribution is -2.31. The Morgan fingerprint density at radius 2 is 2.15 bits per heavy atom. The molecule has 0 radical (unpaired) electrons. The molecule has 1 saturated heterocycles. The van der Waals surface area contributed by atoms with E-state index in [1.54, 1.807) is 0 Å². The number of benzene rings is 1. The van der Waals surface area contributed by atoms with Crippen LogP contribution >= 0.6 is 0 Å². The number of rotatable bonds is 5. The van der Waals surface area contributed by atoms with E-state index in [0.29, 0.717) is 43.5 Å². The third-order valence-electron chi connectivity index (χ3n) is 5.37. The summed E-state index contributed by atoms with van der Waals surface area (Å²) in [5, 5.41) is 12.4. The number of ether oxygens (including phenoxy) is 1. The molecule has 142 valence electrons. The number of nitrogens with one attached hydrogen (secondary N) is 1. The standard InChI is InChI=1S/C20H22FN3O3/c21-17-9-22-20(23-16-6-2-5-14(8-16)19(25)26)24-18(17)13-4-1-3-12(7-13)15-10-27-11-15/h1,3-4,7,9,14-16H,2,5-6,8,10-11H2,(H,25,26)(H,22,23,24). The third-order valence-corrected chi connectivity index (χ3v) is 5.37. The molecule has 7 heteroatoms. The van der Waals surface area contributed by atoms with Crippen LogP contribution in [-0.2, 0) is 9.53 Å². The van der Waals surface area contributed by atoms with Crippen molar-refractivity contribution >= 4 is 11.9 Å². The van der Waals surface area contributed by atoms with E-state index >= 15 is 0 Å². The number of carbonyl (C=O) groups is 1. The van der Waals surface area contributed by atoms with Gasteiger partial charge in [-0.2, -0.15) is 0 Å². The minimum absolute atomic E-state index is 0.0170. The molecular weight excluding hydrogens is 349 g/mol. The summed E-state index contributed by atoms with van der Waals surface area (Å²) >= 11 is 0. The van der Waals surface area contributed by atoms with Gasteiger partial charge in [0.2, 0.25) is 5.95 Å². The van der Waals surface area contributed by atoms with Gasteiger partial charge < -0.3 is 15.2 Å². The monoisotopic (exact) mass is 371 g/mol. The molecule has 1 saturated carbocycles. The lowest BCUT2D eigenvalue weighted by atomic mass is 9.86. The Bertz CT molecular complexity index is 841. The summed E-state index contributed by atoms with van der Waals surface area (Å²) < 4.78 is 19.6. The molecule has 6 nitrogen and oxygen atoms in total. The summed E-state index contributed by atoms with van der Waals surface area (Å²) in [4.78, 5) is 19.7. The Hall–Kier alpha value is -2.54. The van der Waals surface area contributed by atoms with Crippen molar-refractivity contribution in [3.63, 3.8) is 0 Å². The van der Waals surface area contributed by atoms with Crippen LogP contribution in [-0.4, -0.2) is 40.3 Å². The van der Waals surface area contributed by atoms with Gasteiger partial charge in [0.15, 0.2) is 5.82 Å². The third kappa shape index (κ3) is 3.93. The molecule has 0 bridgehead atoms. The Morgan fingerprint density at radius 1 is 1.30 bits per heavy atom. The van der Waals surface area contributed by atoms with Gasteiger partial charge >= 0.3 is 5.97 Å². The number of hydrogen-bond donors (Lipinski definition) is 2. The number of aromatic nitrogens is 2. The predicted octanol–water partition coefficient (Wildman–Crippen LogP) is 3.45. The predicted molar refractivity (Wildman–Crippen MR) is 98.0 cm³/mol. The van der Waals surface area contributed by atoms with Crippen LogP contribution in [0.1, 0.15) is 37.2 Å². The maximum absolute atomic E-state index is 14.4. The average Bonchev–Trinajstić information content (AvgIpc) is 2.62. The van der Waals surface area contributed by atoms with E-state index in [0.717, 1.165) is 18.4 Å². The van der Waals surface area contributed by atoms with Gasteiger partial charge in [-0.25, -0.2) is 14.4 Å². The van der Waals surface area contributed by atoms with E-state index < -0.39 is 11.8 Å². The first-order valence-electron chi connectivity index (χ1n) is 9.30. The molecule has 2 unspecified atom stereocenters. The normalized spacial score (nSPS) is 22.9. The molecule has 1 aliphatic heterocycles. The second-order valence-corrected chi connectivity index (χ2v) is 7.29. The maximum Gasteiger partial charge on any atom is 0.306 e. The Kier molecular flexibility index (Phi) is 5.03. The molecule has 2 atom stereocenters. The SMILES string of the molecule is O=C(O)C1CCCC(Nc2ncc(F)c(-c3cccc(C4COC4)c3)n2)C1. The van der Waals surface area contributed by atoms with Gasteiger partial charge in [0.05, 0.1) is 25.3 Å². The van der Waals surface area contributed by atoms with Gasteiger partial charge in [0.1, 0.15) is 5.69 Å². The highest BCUT2D eigenvalue weighted by atomic mass is 19.1. The summed E-state index contributed by atoms with van der Waals surface area (Å²) in [6, 6.07) is 7.68. The van der Waals surface area contributed by atoms with Crippen LogP contribution in [0.15, 0.2) is 30.5 Å². The van der Waals surface area contributed by atoms with Gasteiger partial charge in [-0.3, -0.25) is 4.79 Å². The number of aliphatic carboxylic acids is 1. The van der Waals surface area contributed by atoms with Crippen molar-refractivity contribution in [2.45, 2.75) is 37.6 Å². The van der Waals surface area contributed by atoms with E-state index in [9.17, 15) is 14.3 Å². The smallest absolute Gasteiger partial charge is 0.306 e. The van der Waals surface area contributed by atoms with E-state index in [1.165, 1.54) is 6.20 Å². The molecule has 2 fully saturated rings. The van der Waals surface area contributed by atoms with Crippen LogP contribution < -0.4 is 5.32 Å². The molecular formula is C20H22FN3O3. The van der Waals surface area contributed by atoms with E-state index in [4.69, 9.17) is 4.74 Å². The fourth-order valence-electron chi connectivity index (χ4n) is 3.73. The number of anilines is 1. The van der Waals surface area contributed by atoms with Crippen LogP contribution in [0.25, 0.3) is 11.3 Å². The highest BCUT2D eigenvalue weighted by molar-refractivity contribution is 5.70. The molecule has 2 aliphatic rings.